The van der Waals surface area contributed by atoms with Gasteiger partial charge in [-0.2, -0.15) is 0 Å². The summed E-state index contributed by atoms with van der Waals surface area (Å²) in [5, 5.41) is 12.3. The lowest BCUT2D eigenvalue weighted by molar-refractivity contribution is -0.145. The van der Waals surface area contributed by atoms with Crippen LogP contribution in [0.2, 0.25) is 0 Å². The van der Waals surface area contributed by atoms with E-state index in [1.54, 1.807) is 19.2 Å². The smallest absolute Gasteiger partial charge is 0.308 e. The molecule has 2 aliphatic heterocycles. The molecule has 2 N–H and O–H groups in total. The first-order valence-electron chi connectivity index (χ1n) is 9.48. The van der Waals surface area contributed by atoms with Gasteiger partial charge in [0.1, 0.15) is 5.82 Å². The van der Waals surface area contributed by atoms with Crippen LogP contribution in [0, 0.1) is 23.6 Å². The zero-order chi connectivity index (χ0) is 20.3. The van der Waals surface area contributed by atoms with Crippen molar-refractivity contribution >= 4 is 17.8 Å². The fraction of sp³-hybridized carbons (Fsp3) is 0.550. The topological polar surface area (TPSA) is 95.9 Å². The Kier molecular flexibility index (Phi) is 6.28. The fourth-order valence-corrected chi connectivity index (χ4v) is 4.14. The van der Waals surface area contributed by atoms with Crippen molar-refractivity contribution in [2.75, 3.05) is 26.8 Å². The number of nitrogens with one attached hydrogen (secondary N) is 1. The Morgan fingerprint density at radius 2 is 1.93 bits per heavy atom. The Morgan fingerprint density at radius 3 is 2.54 bits per heavy atom. The normalized spacial score (nSPS) is 24.2. The number of carboxylic acids is 1. The third-order valence-electron chi connectivity index (χ3n) is 5.78. The van der Waals surface area contributed by atoms with Gasteiger partial charge in [-0.25, -0.2) is 4.39 Å². The number of ether oxygens (including phenoxy) is 1. The van der Waals surface area contributed by atoms with Crippen molar-refractivity contribution in [1.29, 1.82) is 0 Å². The van der Waals surface area contributed by atoms with Gasteiger partial charge in [-0.3, -0.25) is 14.4 Å². The summed E-state index contributed by atoms with van der Waals surface area (Å²) >= 11 is 0. The van der Waals surface area contributed by atoms with Crippen LogP contribution in [-0.4, -0.2) is 54.6 Å². The maximum absolute atomic E-state index is 13.2. The van der Waals surface area contributed by atoms with Crippen LogP contribution in [0.3, 0.4) is 0 Å². The van der Waals surface area contributed by atoms with Crippen LogP contribution in [0.5, 0.6) is 0 Å². The number of carboxylic acid groups (broad SMARTS) is 1. The third kappa shape index (κ3) is 4.32. The molecular formula is C20H25FN2O5. The quantitative estimate of drug-likeness (QED) is 0.767. The fourth-order valence-electron chi connectivity index (χ4n) is 4.14. The largest absolute Gasteiger partial charge is 0.481 e. The molecule has 0 spiro atoms. The van der Waals surface area contributed by atoms with Gasteiger partial charge in [-0.15, -0.1) is 0 Å². The Labute approximate surface area is 162 Å². The first-order valence-corrected chi connectivity index (χ1v) is 9.48. The molecular weight excluding hydrogens is 367 g/mol. The zero-order valence-corrected chi connectivity index (χ0v) is 15.8. The minimum absolute atomic E-state index is 0.0172. The second-order valence-corrected chi connectivity index (χ2v) is 7.45. The number of likely N-dealkylation sites (tertiary alicyclic amines) is 1. The number of amides is 2. The predicted molar refractivity (Wildman–Crippen MR) is 97.7 cm³/mol. The predicted octanol–water partition coefficient (Wildman–Crippen LogP) is 1.59. The summed E-state index contributed by atoms with van der Waals surface area (Å²) in [5.41, 5.74) is 0.675. The monoisotopic (exact) mass is 392 g/mol. The Morgan fingerprint density at radius 1 is 1.29 bits per heavy atom. The van der Waals surface area contributed by atoms with Crippen molar-refractivity contribution in [3.05, 3.63) is 35.6 Å². The van der Waals surface area contributed by atoms with Crippen molar-refractivity contribution in [2.45, 2.75) is 25.3 Å². The van der Waals surface area contributed by atoms with Crippen molar-refractivity contribution in [3.8, 4) is 0 Å². The van der Waals surface area contributed by atoms with Gasteiger partial charge in [0.05, 0.1) is 17.9 Å². The number of hydrogen-bond donors (Lipinski definition) is 2. The number of carbonyl (C=O) groups excluding carboxylic acids is 2. The van der Waals surface area contributed by atoms with E-state index in [1.807, 2.05) is 0 Å². The molecule has 0 aliphatic carbocycles. The standard InChI is InChI=1S/C20H25FN2O5/c1-23-17(24)10-15(18(23)13-2-4-14(21)5-3-13)19(25)22-11-16(20(26)27)12-6-8-28-9-7-12/h2-5,12,15-16,18H,6-11H2,1H3,(H,22,25)(H,26,27). The van der Waals surface area contributed by atoms with E-state index in [1.165, 1.54) is 17.0 Å². The summed E-state index contributed by atoms with van der Waals surface area (Å²) < 4.78 is 18.5. The summed E-state index contributed by atoms with van der Waals surface area (Å²) in [6.45, 7) is 1.07. The molecule has 0 saturated carbocycles. The molecule has 0 bridgehead atoms. The van der Waals surface area contributed by atoms with E-state index in [0.29, 0.717) is 31.6 Å². The summed E-state index contributed by atoms with van der Waals surface area (Å²) in [6, 6.07) is 5.23. The SMILES string of the molecule is CN1C(=O)CC(C(=O)NCC(C(=O)O)C2CCOCC2)C1c1ccc(F)cc1. The molecule has 1 aromatic rings. The molecule has 152 valence electrons. The number of halogens is 1. The maximum atomic E-state index is 13.2. The zero-order valence-electron chi connectivity index (χ0n) is 15.8. The van der Waals surface area contributed by atoms with Gasteiger partial charge in [-0.05, 0) is 36.5 Å². The molecule has 3 atom stereocenters. The van der Waals surface area contributed by atoms with Crippen LogP contribution < -0.4 is 5.32 Å². The van der Waals surface area contributed by atoms with E-state index in [9.17, 15) is 23.9 Å². The molecule has 28 heavy (non-hydrogen) atoms. The van der Waals surface area contributed by atoms with Crippen molar-refractivity contribution in [3.63, 3.8) is 0 Å². The minimum atomic E-state index is -0.943. The summed E-state index contributed by atoms with van der Waals surface area (Å²) in [4.78, 5) is 38.2. The molecule has 7 nitrogen and oxygen atoms in total. The van der Waals surface area contributed by atoms with E-state index in [4.69, 9.17) is 4.74 Å². The molecule has 1 aromatic carbocycles. The van der Waals surface area contributed by atoms with Crippen LogP contribution in [0.15, 0.2) is 24.3 Å². The Hall–Kier alpha value is -2.48. The first-order chi connectivity index (χ1) is 13.4. The molecule has 2 saturated heterocycles. The lowest BCUT2D eigenvalue weighted by Gasteiger charge is -2.29. The van der Waals surface area contributed by atoms with Crippen LogP contribution in [0.4, 0.5) is 4.39 Å². The number of carbonyl (C=O) groups is 3. The molecule has 8 heteroatoms. The molecule has 3 unspecified atom stereocenters. The van der Waals surface area contributed by atoms with Gasteiger partial charge in [-0.1, -0.05) is 12.1 Å². The Bertz CT molecular complexity index is 733. The number of rotatable bonds is 6. The molecule has 0 radical (unpaired) electrons. The minimum Gasteiger partial charge on any atom is -0.481 e. The summed E-state index contributed by atoms with van der Waals surface area (Å²) in [7, 11) is 1.62. The lowest BCUT2D eigenvalue weighted by atomic mass is 9.85. The highest BCUT2D eigenvalue weighted by Crippen LogP contribution is 2.37. The number of aliphatic carboxylic acids is 1. The van der Waals surface area contributed by atoms with Gasteiger partial charge < -0.3 is 20.1 Å². The van der Waals surface area contributed by atoms with Crippen molar-refractivity contribution in [2.24, 2.45) is 17.8 Å². The van der Waals surface area contributed by atoms with Crippen LogP contribution >= 0.6 is 0 Å². The summed E-state index contributed by atoms with van der Waals surface area (Å²) in [6.07, 6.45) is 1.34. The van der Waals surface area contributed by atoms with E-state index in [-0.39, 0.29) is 30.7 Å². The molecule has 2 amide bonds. The van der Waals surface area contributed by atoms with Crippen LogP contribution in [0.1, 0.15) is 30.9 Å². The second-order valence-electron chi connectivity index (χ2n) is 7.45. The van der Waals surface area contributed by atoms with E-state index in [2.05, 4.69) is 5.32 Å². The Balaban J connectivity index is 1.69. The van der Waals surface area contributed by atoms with Gasteiger partial charge in [0.2, 0.25) is 11.8 Å². The van der Waals surface area contributed by atoms with Gasteiger partial charge in [0.25, 0.3) is 0 Å². The lowest BCUT2D eigenvalue weighted by Crippen LogP contribution is -2.42. The molecule has 2 fully saturated rings. The first kappa shape index (κ1) is 20.3. The number of benzene rings is 1. The van der Waals surface area contributed by atoms with E-state index < -0.39 is 29.7 Å². The van der Waals surface area contributed by atoms with Gasteiger partial charge in [0.15, 0.2) is 0 Å². The highest BCUT2D eigenvalue weighted by molar-refractivity contribution is 5.90. The van der Waals surface area contributed by atoms with E-state index in [0.717, 1.165) is 0 Å². The molecule has 0 aromatic heterocycles. The average Bonchev–Trinajstić information content (AvgIpc) is 2.98. The van der Waals surface area contributed by atoms with Gasteiger partial charge in [0, 0.05) is 33.2 Å². The number of hydrogen-bond acceptors (Lipinski definition) is 4. The average molecular weight is 392 g/mol. The maximum Gasteiger partial charge on any atom is 0.308 e. The highest BCUT2D eigenvalue weighted by atomic mass is 19.1. The number of nitrogens with zero attached hydrogens (tertiary/aromatic N) is 1. The van der Waals surface area contributed by atoms with Crippen molar-refractivity contribution < 1.29 is 28.6 Å². The van der Waals surface area contributed by atoms with Crippen LogP contribution in [0.25, 0.3) is 0 Å². The second kappa shape index (κ2) is 8.68. The molecule has 3 rings (SSSR count). The van der Waals surface area contributed by atoms with Gasteiger partial charge >= 0.3 is 5.97 Å². The molecule has 2 aliphatic rings. The van der Waals surface area contributed by atoms with Crippen molar-refractivity contribution in [1.82, 2.24) is 10.2 Å². The highest BCUT2D eigenvalue weighted by Gasteiger charge is 2.43. The van der Waals surface area contributed by atoms with Crippen LogP contribution in [-0.2, 0) is 19.1 Å². The van der Waals surface area contributed by atoms with E-state index >= 15 is 0 Å². The molecule has 2 heterocycles. The third-order valence-corrected chi connectivity index (χ3v) is 5.78. The summed E-state index contributed by atoms with van der Waals surface area (Å²) in [5.74, 6) is -3.25.